The molecule has 0 spiro atoms. The fourth-order valence-corrected chi connectivity index (χ4v) is 3.88. The van der Waals surface area contributed by atoms with E-state index in [9.17, 15) is 4.79 Å². The Bertz CT molecular complexity index is 1060. The van der Waals surface area contributed by atoms with E-state index in [0.29, 0.717) is 0 Å². The Balaban J connectivity index is 1.63. The molecule has 3 aromatic rings. The topological polar surface area (TPSA) is 72.2 Å². The van der Waals surface area contributed by atoms with Gasteiger partial charge in [0, 0.05) is 12.1 Å². The van der Waals surface area contributed by atoms with Gasteiger partial charge >= 0.3 is 0 Å². The molecule has 6 nitrogen and oxygen atoms in total. The first-order valence-electron chi connectivity index (χ1n) is 10.3. The van der Waals surface area contributed by atoms with Crippen molar-refractivity contribution in [1.82, 2.24) is 20.2 Å². The Kier molecular flexibility index (Phi) is 7.28. The van der Waals surface area contributed by atoms with Gasteiger partial charge in [0.2, 0.25) is 0 Å². The molecule has 31 heavy (non-hydrogen) atoms. The third-order valence-electron chi connectivity index (χ3n) is 4.96. The summed E-state index contributed by atoms with van der Waals surface area (Å²) in [4.78, 5) is 12.2. The van der Waals surface area contributed by atoms with Gasteiger partial charge in [0.15, 0.2) is 11.0 Å². The number of amides is 1. The van der Waals surface area contributed by atoms with Crippen LogP contribution in [0.4, 0.5) is 0 Å². The summed E-state index contributed by atoms with van der Waals surface area (Å²) in [6.07, 6.45) is 1.66. The lowest BCUT2D eigenvalue weighted by Crippen LogP contribution is -2.20. The van der Waals surface area contributed by atoms with E-state index in [4.69, 9.17) is 0 Å². The largest absolute Gasteiger partial charge is 0.302 e. The lowest BCUT2D eigenvalue weighted by molar-refractivity contribution is -0.118. The van der Waals surface area contributed by atoms with Crippen molar-refractivity contribution in [3.8, 4) is 11.4 Å². The van der Waals surface area contributed by atoms with E-state index >= 15 is 0 Å². The van der Waals surface area contributed by atoms with Crippen molar-refractivity contribution in [2.75, 3.05) is 5.75 Å². The molecule has 0 fully saturated rings. The zero-order chi connectivity index (χ0) is 22.4. The molecule has 7 heteroatoms. The quantitative estimate of drug-likeness (QED) is 0.328. The third kappa shape index (κ3) is 5.82. The number of aryl methyl sites for hydroxylation is 1. The fraction of sp³-hybridized carbons (Fsp3) is 0.333. The van der Waals surface area contributed by atoms with Crippen LogP contribution in [0.5, 0.6) is 0 Å². The van der Waals surface area contributed by atoms with Crippen molar-refractivity contribution >= 4 is 23.9 Å². The highest BCUT2D eigenvalue weighted by Gasteiger charge is 2.17. The van der Waals surface area contributed by atoms with E-state index in [1.165, 1.54) is 17.3 Å². The van der Waals surface area contributed by atoms with Crippen molar-refractivity contribution in [1.29, 1.82) is 0 Å². The zero-order valence-electron chi connectivity index (χ0n) is 18.7. The maximum absolute atomic E-state index is 12.2. The van der Waals surface area contributed by atoms with Gasteiger partial charge in [-0.2, -0.15) is 5.10 Å². The number of hydrogen-bond acceptors (Lipinski definition) is 5. The highest BCUT2D eigenvalue weighted by molar-refractivity contribution is 7.99. The number of carbonyl (C=O) groups is 1. The second-order valence-corrected chi connectivity index (χ2v) is 9.26. The summed E-state index contributed by atoms with van der Waals surface area (Å²) in [6, 6.07) is 16.3. The molecule has 0 saturated carbocycles. The third-order valence-corrected chi connectivity index (χ3v) is 5.92. The molecule has 0 radical (unpaired) electrons. The normalized spacial score (nSPS) is 11.8. The average molecular weight is 436 g/mol. The van der Waals surface area contributed by atoms with Gasteiger partial charge in [-0.15, -0.1) is 10.2 Å². The number of hydrazone groups is 1. The number of thioether (sulfide) groups is 1. The number of nitrogens with one attached hydrogen (secondary N) is 1. The minimum atomic E-state index is -0.184. The molecule has 2 aromatic carbocycles. The van der Waals surface area contributed by atoms with Crippen molar-refractivity contribution in [3.63, 3.8) is 0 Å². The zero-order valence-corrected chi connectivity index (χ0v) is 19.5. The first-order valence-corrected chi connectivity index (χ1v) is 11.3. The maximum atomic E-state index is 12.2. The van der Waals surface area contributed by atoms with Crippen molar-refractivity contribution in [2.24, 2.45) is 5.10 Å². The monoisotopic (exact) mass is 435 g/mol. The second-order valence-electron chi connectivity index (χ2n) is 8.32. The van der Waals surface area contributed by atoms with Crippen LogP contribution in [0, 0.1) is 6.92 Å². The average Bonchev–Trinajstić information content (AvgIpc) is 3.16. The molecule has 1 aromatic heterocycles. The Hall–Kier alpha value is -2.93. The second kappa shape index (κ2) is 9.92. The predicted molar refractivity (Wildman–Crippen MR) is 127 cm³/mol. The van der Waals surface area contributed by atoms with E-state index in [-0.39, 0.29) is 17.1 Å². The van der Waals surface area contributed by atoms with Crippen LogP contribution in [0.15, 0.2) is 58.8 Å². The lowest BCUT2D eigenvalue weighted by atomic mass is 9.87. The standard InChI is InChI=1S/C24H29N5OS/c1-6-29-22(18-11-13-20(14-12-18)24(3,4)5)27-28-23(29)31-16-21(30)26-25-15-19-10-8-7-9-17(19)2/h7-15H,6,16H2,1-5H3,(H,26,30)/b25-15+. The Morgan fingerprint density at radius 1 is 1.13 bits per heavy atom. The van der Waals surface area contributed by atoms with Gasteiger partial charge in [-0.1, -0.05) is 81.1 Å². The fourth-order valence-electron chi connectivity index (χ4n) is 3.08. The molecule has 1 N–H and O–H groups in total. The molecule has 0 aliphatic carbocycles. The summed E-state index contributed by atoms with van der Waals surface area (Å²) in [5.74, 6) is 0.839. The van der Waals surface area contributed by atoms with E-state index in [1.54, 1.807) is 6.21 Å². The van der Waals surface area contributed by atoms with Gasteiger partial charge in [-0.3, -0.25) is 4.79 Å². The number of hydrogen-bond donors (Lipinski definition) is 1. The van der Waals surface area contributed by atoms with E-state index in [0.717, 1.165) is 34.2 Å². The number of rotatable bonds is 7. The lowest BCUT2D eigenvalue weighted by Gasteiger charge is -2.19. The summed E-state index contributed by atoms with van der Waals surface area (Å²) >= 11 is 1.36. The number of nitrogens with zero attached hydrogens (tertiary/aromatic N) is 4. The van der Waals surface area contributed by atoms with Crippen LogP contribution >= 0.6 is 11.8 Å². The van der Waals surface area contributed by atoms with Gasteiger partial charge in [0.1, 0.15) is 0 Å². The molecule has 0 saturated heterocycles. The predicted octanol–water partition coefficient (Wildman–Crippen LogP) is 4.81. The van der Waals surface area contributed by atoms with Gasteiger partial charge in [0.05, 0.1) is 12.0 Å². The first kappa shape index (κ1) is 22.7. The van der Waals surface area contributed by atoms with Gasteiger partial charge in [-0.25, -0.2) is 5.43 Å². The number of carbonyl (C=O) groups excluding carboxylic acids is 1. The summed E-state index contributed by atoms with van der Waals surface area (Å²) in [5.41, 5.74) is 7.05. The van der Waals surface area contributed by atoms with Gasteiger partial charge in [0.25, 0.3) is 5.91 Å². The van der Waals surface area contributed by atoms with Crippen LogP contribution in [0.1, 0.15) is 44.4 Å². The molecule has 0 bridgehead atoms. The molecule has 162 valence electrons. The molecule has 1 heterocycles. The Morgan fingerprint density at radius 3 is 2.48 bits per heavy atom. The summed E-state index contributed by atoms with van der Waals surface area (Å²) in [5, 5.41) is 13.4. The van der Waals surface area contributed by atoms with Crippen molar-refractivity contribution < 1.29 is 4.79 Å². The molecule has 0 aliphatic heterocycles. The van der Waals surface area contributed by atoms with Crippen molar-refractivity contribution in [2.45, 2.75) is 51.7 Å². The first-order chi connectivity index (χ1) is 14.8. The number of aromatic nitrogens is 3. The minimum absolute atomic E-state index is 0.104. The van der Waals surface area contributed by atoms with E-state index in [1.807, 2.05) is 42.7 Å². The molecule has 0 aliphatic rings. The summed E-state index contributed by atoms with van der Waals surface area (Å²) in [6.45, 7) is 11.4. The highest BCUT2D eigenvalue weighted by atomic mass is 32.2. The summed E-state index contributed by atoms with van der Waals surface area (Å²) in [7, 11) is 0. The van der Waals surface area contributed by atoms with Crippen LogP contribution in [0.2, 0.25) is 0 Å². The summed E-state index contributed by atoms with van der Waals surface area (Å²) < 4.78 is 2.03. The molecule has 1 amide bonds. The SMILES string of the molecule is CCn1c(SCC(=O)N/N=C/c2ccccc2C)nnc1-c1ccc(C(C)(C)C)cc1. The molecule has 0 atom stereocenters. The minimum Gasteiger partial charge on any atom is -0.302 e. The van der Waals surface area contributed by atoms with Crippen LogP contribution in [-0.2, 0) is 16.8 Å². The van der Waals surface area contributed by atoms with Crippen LogP contribution in [-0.4, -0.2) is 32.6 Å². The highest BCUT2D eigenvalue weighted by Crippen LogP contribution is 2.27. The molecule has 0 unspecified atom stereocenters. The molecule has 3 rings (SSSR count). The van der Waals surface area contributed by atoms with Gasteiger partial charge in [-0.05, 0) is 36.0 Å². The van der Waals surface area contributed by atoms with E-state index in [2.05, 4.69) is 65.8 Å². The van der Waals surface area contributed by atoms with Gasteiger partial charge < -0.3 is 4.57 Å². The van der Waals surface area contributed by atoms with E-state index < -0.39 is 0 Å². The Morgan fingerprint density at radius 2 is 1.84 bits per heavy atom. The number of benzene rings is 2. The smallest absolute Gasteiger partial charge is 0.250 e. The van der Waals surface area contributed by atoms with Crippen LogP contribution in [0.3, 0.4) is 0 Å². The van der Waals surface area contributed by atoms with Crippen molar-refractivity contribution in [3.05, 3.63) is 65.2 Å². The molecular weight excluding hydrogens is 406 g/mol. The van der Waals surface area contributed by atoms with Crippen LogP contribution < -0.4 is 5.43 Å². The van der Waals surface area contributed by atoms with Crippen LogP contribution in [0.25, 0.3) is 11.4 Å². The maximum Gasteiger partial charge on any atom is 0.250 e. The Labute approximate surface area is 188 Å². The molecular formula is C24H29N5OS.